The number of benzene rings is 2. The molecule has 0 amide bonds. The van der Waals surface area contributed by atoms with Crippen LogP contribution in [0.1, 0.15) is 22.8 Å². The lowest BCUT2D eigenvalue weighted by Gasteiger charge is -2.11. The maximum atomic E-state index is 11.2. The highest BCUT2D eigenvalue weighted by Gasteiger charge is 2.13. The quantitative estimate of drug-likeness (QED) is 0.873. The number of carbonyl (C=O) groups is 1. The Kier molecular flexibility index (Phi) is 4.43. The normalized spacial score (nSPS) is 10.7. The second kappa shape index (κ2) is 6.26. The Balaban J connectivity index is 2.44. The third-order valence-electron chi connectivity index (χ3n) is 2.66. The number of carboxylic acid groups (broad SMARTS) is 1. The zero-order valence-corrected chi connectivity index (χ0v) is 11.6. The lowest BCUT2D eigenvalue weighted by molar-refractivity contribution is 0.0694. The summed E-state index contributed by atoms with van der Waals surface area (Å²) in [5.41, 5.74) is 0.941. The van der Waals surface area contributed by atoms with Crippen LogP contribution in [0.2, 0.25) is 5.02 Å². The Morgan fingerprint density at radius 1 is 1.20 bits per heavy atom. The van der Waals surface area contributed by atoms with E-state index in [1.165, 1.54) is 18.2 Å². The Bertz CT molecular complexity index is 663. The number of carboxylic acids is 1. The number of halogens is 1. The minimum absolute atomic E-state index is 0.0738. The number of allylic oxidation sites excluding steroid dienone is 1. The molecule has 0 heterocycles. The van der Waals surface area contributed by atoms with Crippen molar-refractivity contribution in [2.45, 2.75) is 6.92 Å². The van der Waals surface area contributed by atoms with Crippen molar-refractivity contribution >= 4 is 23.6 Å². The van der Waals surface area contributed by atoms with Crippen molar-refractivity contribution in [2.24, 2.45) is 0 Å². The van der Waals surface area contributed by atoms with Gasteiger partial charge in [-0.3, -0.25) is 0 Å². The van der Waals surface area contributed by atoms with Crippen LogP contribution in [0, 0.1) is 0 Å². The molecular formula is C16H13ClO3. The Hall–Kier alpha value is -2.26. The predicted octanol–water partition coefficient (Wildman–Crippen LogP) is 4.86. The van der Waals surface area contributed by atoms with Gasteiger partial charge in [0.2, 0.25) is 0 Å². The van der Waals surface area contributed by atoms with E-state index in [-0.39, 0.29) is 11.3 Å². The lowest BCUT2D eigenvalue weighted by atomic mass is 10.1. The summed E-state index contributed by atoms with van der Waals surface area (Å²) in [6.07, 6.45) is 3.78. The first-order valence-corrected chi connectivity index (χ1v) is 6.42. The molecule has 20 heavy (non-hydrogen) atoms. The number of aromatic carboxylic acids is 1. The van der Waals surface area contributed by atoms with Gasteiger partial charge in [-0.15, -0.1) is 0 Å². The highest BCUT2D eigenvalue weighted by atomic mass is 35.5. The van der Waals surface area contributed by atoms with Gasteiger partial charge in [0.1, 0.15) is 17.1 Å². The molecule has 0 atom stereocenters. The standard InChI is InChI=1S/C16H13ClO3/c1-2-5-11-6-3-4-7-14(11)20-15-10-12(17)8-9-13(15)16(18)19/h2-10H,1H3,(H,18,19). The Morgan fingerprint density at radius 3 is 2.65 bits per heavy atom. The molecule has 0 bridgehead atoms. The summed E-state index contributed by atoms with van der Waals surface area (Å²) in [4.78, 5) is 11.2. The third kappa shape index (κ3) is 3.19. The van der Waals surface area contributed by atoms with Gasteiger partial charge in [-0.2, -0.15) is 0 Å². The first-order valence-electron chi connectivity index (χ1n) is 6.04. The molecule has 3 nitrogen and oxygen atoms in total. The second-order valence-corrected chi connectivity index (χ2v) is 4.52. The van der Waals surface area contributed by atoms with E-state index in [4.69, 9.17) is 16.3 Å². The monoisotopic (exact) mass is 288 g/mol. The van der Waals surface area contributed by atoms with E-state index in [0.717, 1.165) is 5.56 Å². The van der Waals surface area contributed by atoms with Crippen molar-refractivity contribution in [3.8, 4) is 11.5 Å². The SMILES string of the molecule is CC=Cc1ccccc1Oc1cc(Cl)ccc1C(=O)O. The Labute approximate surface area is 122 Å². The van der Waals surface area contributed by atoms with E-state index in [1.807, 2.05) is 37.3 Å². The zero-order valence-electron chi connectivity index (χ0n) is 10.8. The van der Waals surface area contributed by atoms with E-state index in [9.17, 15) is 9.90 Å². The van der Waals surface area contributed by atoms with Crippen molar-refractivity contribution in [1.82, 2.24) is 0 Å². The zero-order chi connectivity index (χ0) is 14.5. The molecule has 0 aliphatic heterocycles. The number of hydrogen-bond acceptors (Lipinski definition) is 2. The average molecular weight is 289 g/mol. The fourth-order valence-corrected chi connectivity index (χ4v) is 1.93. The highest BCUT2D eigenvalue weighted by molar-refractivity contribution is 6.30. The molecule has 2 aromatic carbocycles. The molecule has 0 aliphatic carbocycles. The van der Waals surface area contributed by atoms with Gasteiger partial charge < -0.3 is 9.84 Å². The lowest BCUT2D eigenvalue weighted by Crippen LogP contribution is -2.00. The van der Waals surface area contributed by atoms with Crippen molar-refractivity contribution in [3.05, 3.63) is 64.7 Å². The summed E-state index contributed by atoms with van der Waals surface area (Å²) in [6.45, 7) is 1.90. The van der Waals surface area contributed by atoms with Crippen LogP contribution in [0.5, 0.6) is 11.5 Å². The van der Waals surface area contributed by atoms with Crippen LogP contribution in [0.3, 0.4) is 0 Å². The minimum atomic E-state index is -1.06. The summed E-state index contributed by atoms with van der Waals surface area (Å²) in [6, 6.07) is 11.8. The molecule has 2 rings (SSSR count). The molecule has 2 aromatic rings. The molecule has 1 N–H and O–H groups in total. The summed E-state index contributed by atoms with van der Waals surface area (Å²) in [7, 11) is 0. The average Bonchev–Trinajstić information content (AvgIpc) is 2.41. The van der Waals surface area contributed by atoms with Gasteiger partial charge in [-0.05, 0) is 25.1 Å². The fraction of sp³-hybridized carbons (Fsp3) is 0.0625. The van der Waals surface area contributed by atoms with Gasteiger partial charge >= 0.3 is 5.97 Å². The van der Waals surface area contributed by atoms with E-state index < -0.39 is 5.97 Å². The molecule has 0 radical (unpaired) electrons. The third-order valence-corrected chi connectivity index (χ3v) is 2.89. The van der Waals surface area contributed by atoms with E-state index >= 15 is 0 Å². The van der Waals surface area contributed by atoms with Crippen LogP contribution in [0.15, 0.2) is 48.5 Å². The summed E-state index contributed by atoms with van der Waals surface area (Å²) >= 11 is 5.90. The van der Waals surface area contributed by atoms with Gasteiger partial charge in [0.25, 0.3) is 0 Å². The smallest absolute Gasteiger partial charge is 0.339 e. The van der Waals surface area contributed by atoms with Gasteiger partial charge in [-0.1, -0.05) is 42.0 Å². The minimum Gasteiger partial charge on any atom is -0.478 e. The van der Waals surface area contributed by atoms with Crippen molar-refractivity contribution in [1.29, 1.82) is 0 Å². The van der Waals surface area contributed by atoms with E-state index in [2.05, 4.69) is 0 Å². The largest absolute Gasteiger partial charge is 0.478 e. The summed E-state index contributed by atoms with van der Waals surface area (Å²) < 4.78 is 5.72. The van der Waals surface area contributed by atoms with Crippen molar-refractivity contribution < 1.29 is 14.6 Å². The van der Waals surface area contributed by atoms with Crippen LogP contribution in [-0.2, 0) is 0 Å². The maximum Gasteiger partial charge on any atom is 0.339 e. The molecule has 0 spiro atoms. The molecule has 0 fully saturated rings. The van der Waals surface area contributed by atoms with Gasteiger partial charge in [0.15, 0.2) is 0 Å². The van der Waals surface area contributed by atoms with E-state index in [1.54, 1.807) is 6.07 Å². The number of para-hydroxylation sites is 1. The number of rotatable bonds is 4. The second-order valence-electron chi connectivity index (χ2n) is 4.09. The van der Waals surface area contributed by atoms with Crippen LogP contribution in [-0.4, -0.2) is 11.1 Å². The van der Waals surface area contributed by atoms with Gasteiger partial charge in [0.05, 0.1) is 0 Å². The maximum absolute atomic E-state index is 11.2. The number of ether oxygens (including phenoxy) is 1. The predicted molar refractivity (Wildman–Crippen MR) is 79.6 cm³/mol. The first kappa shape index (κ1) is 14.2. The van der Waals surface area contributed by atoms with Crippen LogP contribution in [0.4, 0.5) is 0 Å². The van der Waals surface area contributed by atoms with E-state index in [0.29, 0.717) is 10.8 Å². The van der Waals surface area contributed by atoms with Crippen LogP contribution < -0.4 is 4.74 Å². The topological polar surface area (TPSA) is 46.5 Å². The Morgan fingerprint density at radius 2 is 1.95 bits per heavy atom. The molecule has 0 aliphatic rings. The van der Waals surface area contributed by atoms with Gasteiger partial charge in [0, 0.05) is 16.7 Å². The molecule has 0 saturated carbocycles. The molecule has 0 aromatic heterocycles. The fourth-order valence-electron chi connectivity index (χ4n) is 1.77. The molecule has 102 valence electrons. The molecule has 0 unspecified atom stereocenters. The van der Waals surface area contributed by atoms with Gasteiger partial charge in [-0.25, -0.2) is 4.79 Å². The summed E-state index contributed by atoms with van der Waals surface area (Å²) in [5.74, 6) is -0.252. The van der Waals surface area contributed by atoms with Crippen molar-refractivity contribution in [3.63, 3.8) is 0 Å². The van der Waals surface area contributed by atoms with Crippen molar-refractivity contribution in [2.75, 3.05) is 0 Å². The molecular weight excluding hydrogens is 276 g/mol. The summed E-state index contributed by atoms with van der Waals surface area (Å²) in [5, 5.41) is 9.59. The number of hydrogen-bond donors (Lipinski definition) is 1. The molecule has 4 heteroatoms. The van der Waals surface area contributed by atoms with Crippen LogP contribution >= 0.6 is 11.6 Å². The molecule has 0 saturated heterocycles. The first-order chi connectivity index (χ1) is 9.61. The highest BCUT2D eigenvalue weighted by Crippen LogP contribution is 2.31. The van der Waals surface area contributed by atoms with Crippen LogP contribution in [0.25, 0.3) is 6.08 Å².